The monoisotopic (exact) mass is 388 g/mol. The van der Waals surface area contributed by atoms with Crippen LogP contribution in [0.1, 0.15) is 5.56 Å². The van der Waals surface area contributed by atoms with E-state index in [9.17, 15) is 9.18 Å². The molecule has 2 aromatic rings. The van der Waals surface area contributed by atoms with Crippen LogP contribution in [0, 0.1) is 5.82 Å². The zero-order valence-electron chi connectivity index (χ0n) is 15.5. The highest BCUT2D eigenvalue weighted by molar-refractivity contribution is 7.98. The van der Waals surface area contributed by atoms with Crippen LogP contribution >= 0.6 is 11.8 Å². The average molecular weight is 389 g/mol. The van der Waals surface area contributed by atoms with E-state index in [-0.39, 0.29) is 11.7 Å². The molecular formula is C21H27FN3OS+. The minimum absolute atomic E-state index is 0.102. The van der Waals surface area contributed by atoms with Gasteiger partial charge in [0.15, 0.2) is 6.54 Å². The lowest BCUT2D eigenvalue weighted by molar-refractivity contribution is -0.892. The fraction of sp³-hybridized carbons (Fsp3) is 0.381. The van der Waals surface area contributed by atoms with E-state index in [1.54, 1.807) is 23.9 Å². The van der Waals surface area contributed by atoms with Crippen molar-refractivity contribution in [2.75, 3.05) is 49.9 Å². The first-order valence-corrected chi connectivity index (χ1v) is 10.6. The van der Waals surface area contributed by atoms with Gasteiger partial charge < -0.3 is 15.1 Å². The van der Waals surface area contributed by atoms with Crippen molar-refractivity contribution in [3.63, 3.8) is 0 Å². The van der Waals surface area contributed by atoms with Crippen molar-refractivity contribution >= 4 is 23.4 Å². The Morgan fingerprint density at radius 3 is 2.52 bits per heavy atom. The number of nitrogens with one attached hydrogen (secondary N) is 2. The number of nitrogens with zero attached hydrogens (tertiary/aromatic N) is 1. The van der Waals surface area contributed by atoms with E-state index >= 15 is 0 Å². The molecule has 1 aliphatic rings. The molecule has 1 saturated heterocycles. The highest BCUT2D eigenvalue weighted by atomic mass is 32.2. The Morgan fingerprint density at radius 2 is 1.78 bits per heavy atom. The highest BCUT2D eigenvalue weighted by Crippen LogP contribution is 2.14. The third kappa shape index (κ3) is 6.26. The molecule has 2 N–H and O–H groups in total. The van der Waals surface area contributed by atoms with Crippen LogP contribution in [0.4, 0.5) is 10.1 Å². The van der Waals surface area contributed by atoms with Gasteiger partial charge in [0, 0.05) is 23.7 Å². The van der Waals surface area contributed by atoms with Gasteiger partial charge >= 0.3 is 0 Å². The fourth-order valence-corrected chi connectivity index (χ4v) is 4.09. The molecule has 144 valence electrons. The van der Waals surface area contributed by atoms with E-state index in [2.05, 4.69) is 34.5 Å². The van der Waals surface area contributed by atoms with Crippen LogP contribution in [0.3, 0.4) is 0 Å². The van der Waals surface area contributed by atoms with Crippen LogP contribution < -0.4 is 15.1 Å². The molecule has 6 heteroatoms. The van der Waals surface area contributed by atoms with Crippen molar-refractivity contribution in [2.24, 2.45) is 0 Å². The van der Waals surface area contributed by atoms with Crippen molar-refractivity contribution < 1.29 is 14.1 Å². The second-order valence-corrected chi connectivity index (χ2v) is 7.85. The first-order valence-electron chi connectivity index (χ1n) is 9.44. The molecule has 1 amide bonds. The van der Waals surface area contributed by atoms with Gasteiger partial charge in [-0.3, -0.25) is 4.79 Å². The predicted octanol–water partition coefficient (Wildman–Crippen LogP) is 1.58. The predicted molar refractivity (Wildman–Crippen MR) is 110 cm³/mol. The summed E-state index contributed by atoms with van der Waals surface area (Å²) < 4.78 is 13.5. The number of thioether (sulfide) groups is 1. The highest BCUT2D eigenvalue weighted by Gasteiger charge is 2.21. The Morgan fingerprint density at radius 1 is 1.07 bits per heavy atom. The first-order chi connectivity index (χ1) is 13.2. The van der Waals surface area contributed by atoms with Gasteiger partial charge in [0.1, 0.15) is 5.82 Å². The third-order valence-corrected chi connectivity index (χ3v) is 5.79. The average Bonchev–Trinajstić information content (AvgIpc) is 2.70. The third-order valence-electron chi connectivity index (χ3n) is 4.79. The van der Waals surface area contributed by atoms with Gasteiger partial charge in [0.05, 0.1) is 26.2 Å². The first kappa shape index (κ1) is 19.7. The molecule has 0 saturated carbocycles. The van der Waals surface area contributed by atoms with Crippen LogP contribution in [0.25, 0.3) is 0 Å². The maximum absolute atomic E-state index is 13.5. The van der Waals surface area contributed by atoms with Gasteiger partial charge in [-0.05, 0) is 23.8 Å². The number of rotatable bonds is 8. The molecule has 1 fully saturated rings. The molecule has 4 nitrogen and oxygen atoms in total. The maximum Gasteiger partial charge on any atom is 0.275 e. The van der Waals surface area contributed by atoms with Gasteiger partial charge in [-0.25, -0.2) is 4.39 Å². The molecule has 1 aliphatic heterocycles. The normalized spacial score (nSPS) is 14.9. The number of halogens is 1. The van der Waals surface area contributed by atoms with Crippen LogP contribution in [0.2, 0.25) is 0 Å². The van der Waals surface area contributed by atoms with Crippen molar-refractivity contribution in [1.29, 1.82) is 0 Å². The Hall–Kier alpha value is -2.05. The van der Waals surface area contributed by atoms with Gasteiger partial charge in [-0.2, -0.15) is 11.8 Å². The second-order valence-electron chi connectivity index (χ2n) is 6.74. The minimum Gasteiger partial charge on any atom is -0.360 e. The molecule has 0 bridgehead atoms. The molecule has 2 aromatic carbocycles. The number of hydrogen-bond acceptors (Lipinski definition) is 3. The second kappa shape index (κ2) is 10.3. The maximum atomic E-state index is 13.5. The summed E-state index contributed by atoms with van der Waals surface area (Å²) in [5.74, 6) is 1.36. The number of anilines is 1. The lowest BCUT2D eigenvalue weighted by Gasteiger charge is -2.33. The molecule has 0 atom stereocenters. The summed E-state index contributed by atoms with van der Waals surface area (Å²) in [4.78, 5) is 15.8. The molecule has 0 spiro atoms. The molecule has 3 rings (SSSR count). The largest absolute Gasteiger partial charge is 0.360 e. The van der Waals surface area contributed by atoms with Crippen LogP contribution in [-0.2, 0) is 10.5 Å². The number of quaternary nitrogens is 1. The number of para-hydroxylation sites is 1. The molecule has 1 heterocycles. The van der Waals surface area contributed by atoms with Crippen molar-refractivity contribution in [2.45, 2.75) is 5.75 Å². The standard InChI is InChI=1S/C21H26FN3OS/c22-20-9-5-4-6-18(20)17-27-15-10-23-21(26)16-24-11-13-25(14-12-24)19-7-2-1-3-8-19/h1-9H,10-17H2,(H,23,26)/p+1. The number of piperazine rings is 1. The van der Waals surface area contributed by atoms with Gasteiger partial charge in [-0.15, -0.1) is 0 Å². The van der Waals surface area contributed by atoms with E-state index in [0.717, 1.165) is 37.5 Å². The zero-order chi connectivity index (χ0) is 18.9. The molecule has 0 radical (unpaired) electrons. The Balaban J connectivity index is 1.28. The van der Waals surface area contributed by atoms with Crippen molar-refractivity contribution in [3.05, 3.63) is 66.0 Å². The summed E-state index contributed by atoms with van der Waals surface area (Å²) in [6.07, 6.45) is 0. The van der Waals surface area contributed by atoms with Crippen LogP contribution in [-0.4, -0.2) is 50.9 Å². The van der Waals surface area contributed by atoms with E-state index in [4.69, 9.17) is 0 Å². The summed E-state index contributed by atoms with van der Waals surface area (Å²) in [7, 11) is 0. The van der Waals surface area contributed by atoms with E-state index in [1.807, 2.05) is 12.1 Å². The number of carbonyl (C=O) groups is 1. The summed E-state index contributed by atoms with van der Waals surface area (Å²) >= 11 is 1.64. The molecule has 0 unspecified atom stereocenters. The summed E-state index contributed by atoms with van der Waals surface area (Å²) in [6.45, 7) is 5.06. The summed E-state index contributed by atoms with van der Waals surface area (Å²) in [6, 6.07) is 17.3. The van der Waals surface area contributed by atoms with Gasteiger partial charge in [0.2, 0.25) is 0 Å². The zero-order valence-corrected chi connectivity index (χ0v) is 16.3. The number of amides is 1. The SMILES string of the molecule is O=C(C[NH+]1CCN(c2ccccc2)CC1)NCCSCc1ccccc1F. The van der Waals surface area contributed by atoms with Gasteiger partial charge in [0.25, 0.3) is 5.91 Å². The Labute approximate surface area is 164 Å². The van der Waals surface area contributed by atoms with Crippen LogP contribution in [0.15, 0.2) is 54.6 Å². The van der Waals surface area contributed by atoms with Gasteiger partial charge in [-0.1, -0.05) is 36.4 Å². The Kier molecular flexibility index (Phi) is 7.54. The lowest BCUT2D eigenvalue weighted by atomic mass is 10.2. The molecule has 0 aromatic heterocycles. The molecule has 27 heavy (non-hydrogen) atoms. The van der Waals surface area contributed by atoms with E-state index in [0.29, 0.717) is 18.8 Å². The Bertz CT molecular complexity index is 720. The minimum atomic E-state index is -0.160. The lowest BCUT2D eigenvalue weighted by Crippen LogP contribution is -3.16. The fourth-order valence-electron chi connectivity index (χ4n) is 3.25. The van der Waals surface area contributed by atoms with Crippen molar-refractivity contribution in [1.82, 2.24) is 5.32 Å². The quantitative estimate of drug-likeness (QED) is 0.675. The topological polar surface area (TPSA) is 36.8 Å². The van der Waals surface area contributed by atoms with Crippen molar-refractivity contribution in [3.8, 4) is 0 Å². The van der Waals surface area contributed by atoms with E-state index < -0.39 is 0 Å². The smallest absolute Gasteiger partial charge is 0.275 e. The molecular weight excluding hydrogens is 361 g/mol. The summed E-state index contributed by atoms with van der Waals surface area (Å²) in [5.41, 5.74) is 1.97. The number of carbonyl (C=O) groups excluding carboxylic acids is 1. The van der Waals surface area contributed by atoms with Crippen LogP contribution in [0.5, 0.6) is 0 Å². The molecule has 0 aliphatic carbocycles. The summed E-state index contributed by atoms with van der Waals surface area (Å²) in [5, 5.41) is 2.99. The number of benzene rings is 2. The van der Waals surface area contributed by atoms with E-state index in [1.165, 1.54) is 16.7 Å². The number of hydrogen-bond donors (Lipinski definition) is 2.